The Balaban J connectivity index is 1.11. The highest BCUT2D eigenvalue weighted by molar-refractivity contribution is 6.06. The first-order valence-corrected chi connectivity index (χ1v) is 21.0. The summed E-state index contributed by atoms with van der Waals surface area (Å²) in [5.74, 6) is 1.52. The van der Waals surface area contributed by atoms with Crippen molar-refractivity contribution in [2.24, 2.45) is 11.8 Å². The number of hydrogen-bond donors (Lipinski definition) is 0. The lowest BCUT2D eigenvalue weighted by Gasteiger charge is -2.37. The SMILES string of the molecule is CC1(C)c2ccccc2-c2cccc(-c3cccc(N(c4ccc5c(c4)C4(CC6CCC4C6)c4ccccc4-5)c4ccc5ccccc5c4-c4ccccc4)c3)c21. The molecule has 0 amide bonds. The number of rotatable bonds is 5. The lowest BCUT2D eigenvalue weighted by molar-refractivity contribution is 0.327. The monoisotopic (exact) mass is 731 g/mol. The van der Waals surface area contributed by atoms with E-state index in [4.69, 9.17) is 0 Å². The van der Waals surface area contributed by atoms with Crippen molar-refractivity contribution >= 4 is 27.8 Å². The highest BCUT2D eigenvalue weighted by Crippen LogP contribution is 2.66. The van der Waals surface area contributed by atoms with Crippen molar-refractivity contribution in [3.8, 4) is 44.5 Å². The average molecular weight is 732 g/mol. The van der Waals surface area contributed by atoms with Gasteiger partial charge in [-0.05, 0) is 133 Å². The van der Waals surface area contributed by atoms with Gasteiger partial charge in [0.2, 0.25) is 0 Å². The number of hydrogen-bond acceptors (Lipinski definition) is 1. The largest absolute Gasteiger partial charge is 0.310 e. The zero-order chi connectivity index (χ0) is 37.9. The molecule has 0 N–H and O–H groups in total. The van der Waals surface area contributed by atoms with E-state index in [2.05, 4.69) is 195 Å². The molecule has 0 aliphatic heterocycles. The zero-order valence-electron chi connectivity index (χ0n) is 32.7. The second-order valence-corrected chi connectivity index (χ2v) is 17.7. The summed E-state index contributed by atoms with van der Waals surface area (Å²) in [6.45, 7) is 4.79. The molecule has 3 atom stereocenters. The normalized spacial score (nSPS) is 20.4. The Hall–Kier alpha value is -6.18. The van der Waals surface area contributed by atoms with Crippen LogP contribution in [-0.2, 0) is 10.8 Å². The van der Waals surface area contributed by atoms with E-state index in [1.54, 1.807) is 5.56 Å². The van der Waals surface area contributed by atoms with Crippen LogP contribution in [0.5, 0.6) is 0 Å². The number of anilines is 3. The lowest BCUT2D eigenvalue weighted by Crippen LogP contribution is -2.32. The Kier molecular flexibility index (Phi) is 7.04. The summed E-state index contributed by atoms with van der Waals surface area (Å²) in [5, 5.41) is 2.52. The van der Waals surface area contributed by atoms with E-state index in [0.29, 0.717) is 5.92 Å². The van der Waals surface area contributed by atoms with Crippen molar-refractivity contribution in [1.82, 2.24) is 0 Å². The molecule has 0 heterocycles. The van der Waals surface area contributed by atoms with Crippen molar-refractivity contribution in [2.75, 3.05) is 4.90 Å². The average Bonchev–Trinajstić information content (AvgIpc) is 4.01. The number of fused-ring (bicyclic) bond motifs is 12. The summed E-state index contributed by atoms with van der Waals surface area (Å²) in [5.41, 5.74) is 20.1. The van der Waals surface area contributed by atoms with E-state index in [0.717, 1.165) is 5.92 Å². The minimum atomic E-state index is -0.110. The van der Waals surface area contributed by atoms with Gasteiger partial charge in [0.05, 0.1) is 5.69 Å². The molecule has 3 unspecified atom stereocenters. The van der Waals surface area contributed by atoms with Crippen LogP contribution >= 0.6 is 0 Å². The summed E-state index contributed by atoms with van der Waals surface area (Å²) in [4.78, 5) is 2.57. The van der Waals surface area contributed by atoms with Crippen LogP contribution in [0.1, 0.15) is 61.8 Å². The van der Waals surface area contributed by atoms with Gasteiger partial charge in [0.25, 0.3) is 0 Å². The van der Waals surface area contributed by atoms with Crippen molar-refractivity contribution in [2.45, 2.75) is 50.4 Å². The molecule has 0 saturated heterocycles. The summed E-state index contributed by atoms with van der Waals surface area (Å²) in [6, 6.07) is 66.7. The first-order chi connectivity index (χ1) is 28.0. The lowest BCUT2D eigenvalue weighted by atomic mass is 9.67. The predicted octanol–water partition coefficient (Wildman–Crippen LogP) is 15.0. The third kappa shape index (κ3) is 4.63. The van der Waals surface area contributed by atoms with Crippen LogP contribution < -0.4 is 4.90 Å². The second kappa shape index (κ2) is 12.2. The molecule has 1 spiro atoms. The maximum absolute atomic E-state index is 2.60. The van der Waals surface area contributed by atoms with Crippen LogP contribution in [0.15, 0.2) is 176 Å². The summed E-state index contributed by atoms with van der Waals surface area (Å²) < 4.78 is 0. The van der Waals surface area contributed by atoms with E-state index >= 15 is 0 Å². The molecule has 8 aromatic carbocycles. The molecular formula is C56H45N. The van der Waals surface area contributed by atoms with E-state index in [1.165, 1.54) is 115 Å². The molecule has 1 nitrogen and oxygen atoms in total. The molecule has 4 aliphatic carbocycles. The van der Waals surface area contributed by atoms with Gasteiger partial charge in [-0.3, -0.25) is 0 Å². The van der Waals surface area contributed by atoms with Crippen LogP contribution in [0.4, 0.5) is 17.1 Å². The fraction of sp³-hybridized carbons (Fsp3) is 0.179. The molecule has 57 heavy (non-hydrogen) atoms. The smallest absolute Gasteiger partial charge is 0.0546 e. The molecule has 0 aromatic heterocycles. The van der Waals surface area contributed by atoms with Crippen molar-refractivity contribution in [3.05, 3.63) is 198 Å². The fourth-order valence-electron chi connectivity index (χ4n) is 12.2. The summed E-state index contributed by atoms with van der Waals surface area (Å²) in [7, 11) is 0. The Labute approximate surface area is 336 Å². The molecule has 12 rings (SSSR count). The van der Waals surface area contributed by atoms with Crippen LogP contribution in [0.2, 0.25) is 0 Å². The van der Waals surface area contributed by atoms with Crippen molar-refractivity contribution in [1.29, 1.82) is 0 Å². The fourth-order valence-corrected chi connectivity index (χ4v) is 12.2. The molecule has 4 aliphatic rings. The van der Waals surface area contributed by atoms with Crippen LogP contribution in [0.25, 0.3) is 55.3 Å². The third-order valence-corrected chi connectivity index (χ3v) is 14.5. The minimum Gasteiger partial charge on any atom is -0.310 e. The summed E-state index contributed by atoms with van der Waals surface area (Å²) >= 11 is 0. The van der Waals surface area contributed by atoms with Gasteiger partial charge in [-0.15, -0.1) is 0 Å². The molecule has 2 saturated carbocycles. The minimum absolute atomic E-state index is 0.0925. The molecule has 1 heteroatoms. The van der Waals surface area contributed by atoms with Gasteiger partial charge in [0.15, 0.2) is 0 Å². The Bertz CT molecular complexity index is 2920. The Morgan fingerprint density at radius 1 is 0.491 bits per heavy atom. The highest BCUT2D eigenvalue weighted by Gasteiger charge is 2.56. The van der Waals surface area contributed by atoms with Gasteiger partial charge < -0.3 is 4.90 Å². The molecule has 8 aromatic rings. The van der Waals surface area contributed by atoms with Gasteiger partial charge in [-0.25, -0.2) is 0 Å². The standard InChI is InChI=1S/C56H45N/c1-55(2)49-24-10-8-21-46(49)48-23-13-22-44(54(48)55)39-17-12-18-41(33-39)57(52-31-27-37-14-6-7-19-43(37)53(52)38-15-4-3-5-16-38)42-29-30-47-45-20-9-11-25-50(45)56(51(47)34-42)35-36-26-28-40(56)32-36/h3-25,27,29-31,33-34,36,40H,26,28,32,35H2,1-2H3. The number of benzene rings is 8. The van der Waals surface area contributed by atoms with Gasteiger partial charge in [-0.1, -0.05) is 166 Å². The van der Waals surface area contributed by atoms with E-state index in [-0.39, 0.29) is 10.8 Å². The third-order valence-electron chi connectivity index (χ3n) is 14.5. The van der Waals surface area contributed by atoms with Crippen LogP contribution in [0.3, 0.4) is 0 Å². The molecular weight excluding hydrogens is 687 g/mol. The van der Waals surface area contributed by atoms with Gasteiger partial charge >= 0.3 is 0 Å². The first-order valence-electron chi connectivity index (χ1n) is 21.0. The maximum Gasteiger partial charge on any atom is 0.0546 e. The Morgan fingerprint density at radius 2 is 1.16 bits per heavy atom. The van der Waals surface area contributed by atoms with Crippen LogP contribution in [-0.4, -0.2) is 0 Å². The first kappa shape index (κ1) is 33.0. The van der Waals surface area contributed by atoms with E-state index in [1.807, 2.05) is 0 Å². The van der Waals surface area contributed by atoms with Crippen LogP contribution in [0, 0.1) is 11.8 Å². The predicted molar refractivity (Wildman–Crippen MR) is 239 cm³/mol. The molecule has 274 valence electrons. The molecule has 2 bridgehead atoms. The van der Waals surface area contributed by atoms with Crippen molar-refractivity contribution in [3.63, 3.8) is 0 Å². The molecule has 0 radical (unpaired) electrons. The molecule has 2 fully saturated rings. The van der Waals surface area contributed by atoms with E-state index in [9.17, 15) is 0 Å². The maximum atomic E-state index is 2.60. The van der Waals surface area contributed by atoms with E-state index < -0.39 is 0 Å². The van der Waals surface area contributed by atoms with Gasteiger partial charge in [0, 0.05) is 27.8 Å². The summed E-state index contributed by atoms with van der Waals surface area (Å²) in [6.07, 6.45) is 5.33. The second-order valence-electron chi connectivity index (χ2n) is 17.7. The highest BCUT2D eigenvalue weighted by atomic mass is 15.1. The topological polar surface area (TPSA) is 3.24 Å². The zero-order valence-corrected chi connectivity index (χ0v) is 32.7. The quantitative estimate of drug-likeness (QED) is 0.170. The van der Waals surface area contributed by atoms with Crippen molar-refractivity contribution < 1.29 is 0 Å². The van der Waals surface area contributed by atoms with Gasteiger partial charge in [0.1, 0.15) is 0 Å². The van der Waals surface area contributed by atoms with Gasteiger partial charge in [-0.2, -0.15) is 0 Å². The number of nitrogens with zero attached hydrogens (tertiary/aromatic N) is 1. The Morgan fingerprint density at radius 3 is 1.98 bits per heavy atom.